The summed E-state index contributed by atoms with van der Waals surface area (Å²) in [6.45, 7) is 0. The molecular formula is C16H20FN. The van der Waals surface area contributed by atoms with Crippen molar-refractivity contribution in [2.75, 3.05) is 5.32 Å². The van der Waals surface area contributed by atoms with Crippen LogP contribution >= 0.6 is 0 Å². The Kier molecular flexibility index (Phi) is 2.39. The van der Waals surface area contributed by atoms with Crippen molar-refractivity contribution in [2.45, 2.75) is 38.1 Å². The number of hydrogen-bond acceptors (Lipinski definition) is 1. The average Bonchev–Trinajstić information content (AvgIpc) is 3.03. The van der Waals surface area contributed by atoms with Crippen LogP contribution in [0, 0.1) is 29.5 Å². The summed E-state index contributed by atoms with van der Waals surface area (Å²) < 4.78 is 12.9. The summed E-state index contributed by atoms with van der Waals surface area (Å²) in [6.07, 6.45) is 7.16. The molecule has 5 atom stereocenters. The van der Waals surface area contributed by atoms with Crippen LogP contribution in [0.15, 0.2) is 24.3 Å². The molecule has 2 heteroatoms. The van der Waals surface area contributed by atoms with Gasteiger partial charge in [0.1, 0.15) is 5.82 Å². The minimum absolute atomic E-state index is 0.149. The first-order valence-corrected chi connectivity index (χ1v) is 7.33. The van der Waals surface area contributed by atoms with Crippen LogP contribution < -0.4 is 5.32 Å². The van der Waals surface area contributed by atoms with E-state index in [1.54, 1.807) is 12.1 Å². The van der Waals surface area contributed by atoms with Gasteiger partial charge < -0.3 is 5.32 Å². The number of rotatable bonds is 2. The molecule has 5 unspecified atom stereocenters. The molecule has 3 saturated carbocycles. The van der Waals surface area contributed by atoms with Crippen LogP contribution in [0.3, 0.4) is 0 Å². The molecule has 0 amide bonds. The quantitative estimate of drug-likeness (QED) is 0.828. The molecule has 0 spiro atoms. The fourth-order valence-electron chi connectivity index (χ4n) is 4.99. The summed E-state index contributed by atoms with van der Waals surface area (Å²) in [4.78, 5) is 0. The van der Waals surface area contributed by atoms with E-state index in [1.165, 1.54) is 32.1 Å². The fraction of sp³-hybridized carbons (Fsp3) is 0.625. The topological polar surface area (TPSA) is 12.0 Å². The minimum Gasteiger partial charge on any atom is -0.382 e. The second-order valence-electron chi connectivity index (χ2n) is 6.41. The number of anilines is 1. The lowest BCUT2D eigenvalue weighted by atomic mass is 9.79. The molecule has 3 aliphatic carbocycles. The summed E-state index contributed by atoms with van der Waals surface area (Å²) >= 11 is 0. The first kappa shape index (κ1) is 10.8. The molecule has 0 aliphatic heterocycles. The number of hydrogen-bond donors (Lipinski definition) is 1. The van der Waals surface area contributed by atoms with Crippen molar-refractivity contribution in [1.29, 1.82) is 0 Å². The van der Waals surface area contributed by atoms with E-state index in [4.69, 9.17) is 0 Å². The van der Waals surface area contributed by atoms with E-state index in [-0.39, 0.29) is 5.82 Å². The van der Waals surface area contributed by atoms with Gasteiger partial charge in [0.25, 0.3) is 0 Å². The van der Waals surface area contributed by atoms with Crippen LogP contribution in [-0.4, -0.2) is 6.04 Å². The normalized spacial score (nSPS) is 41.1. The number of nitrogens with one attached hydrogen (secondary N) is 1. The van der Waals surface area contributed by atoms with E-state index >= 15 is 0 Å². The molecule has 0 radical (unpaired) electrons. The molecular weight excluding hydrogens is 225 g/mol. The van der Waals surface area contributed by atoms with Crippen molar-refractivity contribution >= 4 is 5.69 Å². The summed E-state index contributed by atoms with van der Waals surface area (Å²) in [5.74, 6) is 3.74. The standard InChI is InChI=1S/C16H20FN/c17-11-4-6-12(7-5-11)18-16-9-10-8-15(16)14-3-1-2-13(10)14/h4-7,10,13-16,18H,1-3,8-9H2. The predicted molar refractivity (Wildman–Crippen MR) is 70.9 cm³/mol. The van der Waals surface area contributed by atoms with Crippen LogP contribution in [0.5, 0.6) is 0 Å². The van der Waals surface area contributed by atoms with E-state index in [2.05, 4.69) is 5.32 Å². The molecule has 18 heavy (non-hydrogen) atoms. The Morgan fingerprint density at radius 3 is 2.56 bits per heavy atom. The number of fused-ring (bicyclic) bond motifs is 5. The van der Waals surface area contributed by atoms with Crippen LogP contribution in [0.2, 0.25) is 0 Å². The second kappa shape index (κ2) is 3.97. The average molecular weight is 245 g/mol. The monoisotopic (exact) mass is 245 g/mol. The van der Waals surface area contributed by atoms with E-state index < -0.39 is 0 Å². The highest BCUT2D eigenvalue weighted by Gasteiger charge is 2.53. The van der Waals surface area contributed by atoms with Gasteiger partial charge in [-0.2, -0.15) is 0 Å². The van der Waals surface area contributed by atoms with Crippen LogP contribution in [-0.2, 0) is 0 Å². The van der Waals surface area contributed by atoms with Gasteiger partial charge in [-0.15, -0.1) is 0 Å². The van der Waals surface area contributed by atoms with E-state index in [0.717, 1.165) is 29.4 Å². The Bertz CT molecular complexity index is 441. The molecule has 3 fully saturated rings. The zero-order valence-electron chi connectivity index (χ0n) is 10.6. The third kappa shape index (κ3) is 1.58. The van der Waals surface area contributed by atoms with Crippen molar-refractivity contribution in [3.05, 3.63) is 30.1 Å². The van der Waals surface area contributed by atoms with Gasteiger partial charge in [0.05, 0.1) is 0 Å². The predicted octanol–water partition coefficient (Wildman–Crippen LogP) is 4.06. The molecule has 0 saturated heterocycles. The van der Waals surface area contributed by atoms with Gasteiger partial charge in [0.15, 0.2) is 0 Å². The Hall–Kier alpha value is -1.05. The zero-order valence-corrected chi connectivity index (χ0v) is 10.6. The Morgan fingerprint density at radius 2 is 1.72 bits per heavy atom. The fourth-order valence-corrected chi connectivity index (χ4v) is 4.99. The number of benzene rings is 1. The molecule has 0 aromatic heterocycles. The van der Waals surface area contributed by atoms with Gasteiger partial charge in [0.2, 0.25) is 0 Å². The Labute approximate surface area is 108 Å². The summed E-state index contributed by atoms with van der Waals surface area (Å²) in [7, 11) is 0. The molecule has 3 aliphatic rings. The van der Waals surface area contributed by atoms with E-state index in [1.807, 2.05) is 12.1 Å². The van der Waals surface area contributed by atoms with Crippen molar-refractivity contribution in [2.24, 2.45) is 23.7 Å². The first-order chi connectivity index (χ1) is 8.81. The molecule has 1 N–H and O–H groups in total. The lowest BCUT2D eigenvalue weighted by Crippen LogP contribution is -2.33. The third-order valence-electron chi connectivity index (χ3n) is 5.63. The van der Waals surface area contributed by atoms with Crippen molar-refractivity contribution in [3.8, 4) is 0 Å². The largest absolute Gasteiger partial charge is 0.382 e. The van der Waals surface area contributed by atoms with Gasteiger partial charge in [-0.05, 0) is 73.6 Å². The smallest absolute Gasteiger partial charge is 0.123 e. The van der Waals surface area contributed by atoms with Crippen molar-refractivity contribution < 1.29 is 4.39 Å². The van der Waals surface area contributed by atoms with Gasteiger partial charge in [-0.1, -0.05) is 6.42 Å². The van der Waals surface area contributed by atoms with E-state index in [0.29, 0.717) is 6.04 Å². The highest BCUT2D eigenvalue weighted by atomic mass is 19.1. The maximum Gasteiger partial charge on any atom is 0.123 e. The van der Waals surface area contributed by atoms with Gasteiger partial charge in [-0.25, -0.2) is 4.39 Å². The summed E-state index contributed by atoms with van der Waals surface area (Å²) in [5.41, 5.74) is 1.09. The molecule has 1 aromatic rings. The van der Waals surface area contributed by atoms with Gasteiger partial charge in [-0.3, -0.25) is 0 Å². The highest BCUT2D eigenvalue weighted by Crippen LogP contribution is 2.59. The number of halogens is 1. The summed E-state index contributed by atoms with van der Waals surface area (Å²) in [6, 6.07) is 7.47. The molecule has 1 nitrogen and oxygen atoms in total. The van der Waals surface area contributed by atoms with Crippen LogP contribution in [0.25, 0.3) is 0 Å². The Morgan fingerprint density at radius 1 is 0.944 bits per heavy atom. The van der Waals surface area contributed by atoms with Gasteiger partial charge in [0, 0.05) is 11.7 Å². The maximum atomic E-state index is 12.9. The summed E-state index contributed by atoms with van der Waals surface area (Å²) in [5, 5.41) is 3.65. The van der Waals surface area contributed by atoms with Crippen molar-refractivity contribution in [3.63, 3.8) is 0 Å². The second-order valence-corrected chi connectivity index (χ2v) is 6.41. The molecule has 96 valence electrons. The molecule has 1 aromatic carbocycles. The molecule has 4 rings (SSSR count). The lowest BCUT2D eigenvalue weighted by Gasteiger charge is -2.32. The van der Waals surface area contributed by atoms with E-state index in [9.17, 15) is 4.39 Å². The first-order valence-electron chi connectivity index (χ1n) is 7.33. The third-order valence-corrected chi connectivity index (χ3v) is 5.63. The van der Waals surface area contributed by atoms with Gasteiger partial charge >= 0.3 is 0 Å². The molecule has 0 heterocycles. The zero-order chi connectivity index (χ0) is 12.1. The highest BCUT2D eigenvalue weighted by molar-refractivity contribution is 5.44. The SMILES string of the molecule is Fc1ccc(NC2CC3CC2C2CCCC32)cc1. The Balaban J connectivity index is 1.49. The van der Waals surface area contributed by atoms with Crippen LogP contribution in [0.1, 0.15) is 32.1 Å². The minimum atomic E-state index is -0.149. The molecule has 2 bridgehead atoms. The maximum absolute atomic E-state index is 12.9. The lowest BCUT2D eigenvalue weighted by molar-refractivity contribution is 0.243. The van der Waals surface area contributed by atoms with Crippen molar-refractivity contribution in [1.82, 2.24) is 0 Å². The van der Waals surface area contributed by atoms with Crippen LogP contribution in [0.4, 0.5) is 10.1 Å².